The minimum Gasteiger partial charge on any atom is -0.394 e. The van der Waals surface area contributed by atoms with E-state index >= 15 is 0 Å². The van der Waals surface area contributed by atoms with Crippen molar-refractivity contribution in [2.45, 2.75) is 24.7 Å². The van der Waals surface area contributed by atoms with Crippen molar-refractivity contribution in [3.05, 3.63) is 0 Å². The van der Waals surface area contributed by atoms with Crippen LogP contribution in [0.4, 0.5) is 0 Å². The topological polar surface area (TPSA) is 69.9 Å². The summed E-state index contributed by atoms with van der Waals surface area (Å²) < 4.78 is 4.95. The van der Waals surface area contributed by atoms with Gasteiger partial charge in [0.1, 0.15) is 12.2 Å². The quantitative estimate of drug-likeness (QED) is 0.301. The minimum atomic E-state index is -0.932. The van der Waals surface area contributed by atoms with E-state index in [-0.39, 0.29) is 139 Å². The third kappa shape index (κ3) is 7.98. The van der Waals surface area contributed by atoms with Crippen LogP contribution in [-0.4, -0.2) is 46.8 Å². The fourth-order valence-corrected chi connectivity index (χ4v) is 1.02. The number of ether oxygens (including phenoxy) is 1. The zero-order chi connectivity index (χ0) is 7.56. The molecule has 3 N–H and O–H groups in total. The molecule has 1 aliphatic heterocycles. The maximum atomic E-state index is 9.10. The van der Waals surface area contributed by atoms with Gasteiger partial charge in [0.25, 0.3) is 0 Å². The predicted octanol–water partition coefficient (Wildman–Crippen LogP) is -1.51. The molecule has 0 saturated carbocycles. The van der Waals surface area contributed by atoms with Crippen molar-refractivity contribution in [3.8, 4) is 0 Å². The molecule has 3 radical (unpaired) electrons. The molecule has 1 fully saturated rings. The molecule has 7 heteroatoms. The second kappa shape index (κ2) is 12.6. The number of hydrogen-bond donors (Lipinski definition) is 3. The molecule has 1 rings (SSSR count). The van der Waals surface area contributed by atoms with Crippen LogP contribution in [-0.2, 0) is 4.74 Å². The number of rotatable bonds is 1. The molecule has 0 aromatic rings. The standard InChI is InChI=1S/C6H12O4.3Ac/c7-3-5-6(9)4(8)1-2-10-5;;;/h4-9H,1-3H2;;;/t4-,5?,6+;;;/m1.../s1. The Labute approximate surface area is 185 Å². The number of hydrogen-bond acceptors (Lipinski definition) is 4. The molecule has 1 saturated heterocycles. The van der Waals surface area contributed by atoms with Gasteiger partial charge in [-0.15, -0.1) is 0 Å². The van der Waals surface area contributed by atoms with Crippen LogP contribution in [0, 0.1) is 132 Å². The first-order valence-electron chi connectivity index (χ1n) is 3.34. The molecule has 1 heterocycles. The first-order chi connectivity index (χ1) is 4.75. The van der Waals surface area contributed by atoms with Crippen molar-refractivity contribution < 1.29 is 152 Å². The molecule has 69 valence electrons. The zero-order valence-electron chi connectivity index (χ0n) is 7.34. The van der Waals surface area contributed by atoms with Crippen molar-refractivity contribution in [1.29, 1.82) is 0 Å². The fraction of sp³-hybridized carbons (Fsp3) is 1.00. The summed E-state index contributed by atoms with van der Waals surface area (Å²) in [6, 6.07) is 0. The monoisotopic (exact) mass is 829 g/mol. The van der Waals surface area contributed by atoms with Crippen LogP contribution in [0.2, 0.25) is 0 Å². The van der Waals surface area contributed by atoms with Crippen LogP contribution >= 0.6 is 0 Å². The van der Waals surface area contributed by atoms with E-state index in [2.05, 4.69) is 0 Å². The zero-order valence-corrected chi connectivity index (χ0v) is 21.6. The molecule has 1 aliphatic rings. The number of aliphatic hydroxyl groups is 3. The number of aliphatic hydroxyl groups excluding tert-OH is 3. The van der Waals surface area contributed by atoms with Gasteiger partial charge >= 0.3 is 0 Å². The van der Waals surface area contributed by atoms with Gasteiger partial charge in [0.2, 0.25) is 0 Å². The maximum Gasteiger partial charge on any atom is 0.109 e. The van der Waals surface area contributed by atoms with Gasteiger partial charge in [-0.1, -0.05) is 0 Å². The van der Waals surface area contributed by atoms with E-state index in [0.29, 0.717) is 13.0 Å². The molecular weight excluding hydrogens is 817 g/mol. The summed E-state index contributed by atoms with van der Waals surface area (Å²) in [5, 5.41) is 26.7. The molecular formula is C6H12Ac3O4. The fourth-order valence-electron chi connectivity index (χ4n) is 1.02. The molecule has 3 atom stereocenters. The van der Waals surface area contributed by atoms with Gasteiger partial charge in [-0.3, -0.25) is 0 Å². The van der Waals surface area contributed by atoms with Crippen LogP contribution in [0.15, 0.2) is 0 Å². The van der Waals surface area contributed by atoms with Crippen LogP contribution in [0.3, 0.4) is 0 Å². The van der Waals surface area contributed by atoms with Crippen molar-refractivity contribution in [2.75, 3.05) is 13.2 Å². The molecule has 0 amide bonds. The molecule has 13 heavy (non-hydrogen) atoms. The molecule has 0 aliphatic carbocycles. The van der Waals surface area contributed by atoms with Gasteiger partial charge in [-0.25, -0.2) is 0 Å². The van der Waals surface area contributed by atoms with E-state index in [1.165, 1.54) is 0 Å². The molecule has 4 nitrogen and oxygen atoms in total. The molecule has 0 aromatic heterocycles. The van der Waals surface area contributed by atoms with Crippen molar-refractivity contribution in [1.82, 2.24) is 0 Å². The van der Waals surface area contributed by atoms with E-state index in [1.54, 1.807) is 0 Å². The van der Waals surface area contributed by atoms with Crippen LogP contribution < -0.4 is 0 Å². The molecule has 0 spiro atoms. The van der Waals surface area contributed by atoms with Gasteiger partial charge in [0.15, 0.2) is 0 Å². The van der Waals surface area contributed by atoms with Gasteiger partial charge in [-0.05, 0) is 6.42 Å². The summed E-state index contributed by atoms with van der Waals surface area (Å²) >= 11 is 0. The molecule has 0 bridgehead atoms. The molecule has 0 aromatic carbocycles. The summed E-state index contributed by atoms with van der Waals surface area (Å²) in [4.78, 5) is 0. The predicted molar refractivity (Wildman–Crippen MR) is 33.5 cm³/mol. The SMILES string of the molecule is OCC1OCC[C@@H](O)[C@@H]1O.[Ac].[Ac].[Ac]. The Kier molecular flexibility index (Phi) is 21.7. The molecule has 1 unspecified atom stereocenters. The Balaban J connectivity index is -0.000000333. The maximum absolute atomic E-state index is 9.10. The van der Waals surface area contributed by atoms with Crippen LogP contribution in [0.1, 0.15) is 6.42 Å². The van der Waals surface area contributed by atoms with Gasteiger partial charge < -0.3 is 20.1 Å². The normalized spacial score (nSPS) is 32.1. The van der Waals surface area contributed by atoms with E-state index in [9.17, 15) is 0 Å². The van der Waals surface area contributed by atoms with E-state index in [0.717, 1.165) is 0 Å². The first kappa shape index (κ1) is 22.4. The van der Waals surface area contributed by atoms with Crippen LogP contribution in [0.5, 0.6) is 0 Å². The van der Waals surface area contributed by atoms with E-state index in [1.807, 2.05) is 0 Å². The second-order valence-electron chi connectivity index (χ2n) is 2.44. The van der Waals surface area contributed by atoms with Gasteiger partial charge in [0, 0.05) is 139 Å². The van der Waals surface area contributed by atoms with Gasteiger partial charge in [-0.2, -0.15) is 0 Å². The Bertz CT molecular complexity index is 116. The third-order valence-corrected chi connectivity index (χ3v) is 1.70. The van der Waals surface area contributed by atoms with Crippen molar-refractivity contribution >= 4 is 0 Å². The first-order valence-corrected chi connectivity index (χ1v) is 3.34. The largest absolute Gasteiger partial charge is 0.394 e. The van der Waals surface area contributed by atoms with E-state index < -0.39 is 18.3 Å². The minimum absolute atomic E-state index is 0. The van der Waals surface area contributed by atoms with Crippen molar-refractivity contribution in [2.24, 2.45) is 0 Å². The van der Waals surface area contributed by atoms with Crippen molar-refractivity contribution in [3.63, 3.8) is 0 Å². The van der Waals surface area contributed by atoms with E-state index in [4.69, 9.17) is 20.1 Å². The average Bonchev–Trinajstić information content (AvgIpc) is 1.95. The summed E-state index contributed by atoms with van der Waals surface area (Å²) in [6.45, 7) is 0.168. The third-order valence-electron chi connectivity index (χ3n) is 1.70. The van der Waals surface area contributed by atoms with Gasteiger partial charge in [0.05, 0.1) is 12.7 Å². The Morgan fingerprint density at radius 1 is 1.15 bits per heavy atom. The van der Waals surface area contributed by atoms with Crippen LogP contribution in [0.25, 0.3) is 0 Å². The summed E-state index contributed by atoms with van der Waals surface area (Å²) in [5.41, 5.74) is 0. The Morgan fingerprint density at radius 3 is 2.08 bits per heavy atom. The average molecular weight is 829 g/mol. The summed E-state index contributed by atoms with van der Waals surface area (Å²) in [6.07, 6.45) is -1.84. The summed E-state index contributed by atoms with van der Waals surface area (Å²) in [7, 11) is 0. The Hall–Kier alpha value is 4.16. The second-order valence-corrected chi connectivity index (χ2v) is 2.44. The smallest absolute Gasteiger partial charge is 0.109 e. The summed E-state index contributed by atoms with van der Waals surface area (Å²) in [5.74, 6) is 0. The Morgan fingerprint density at radius 2 is 1.69 bits per heavy atom.